The number of hydrogen-bond acceptors (Lipinski definition) is 5. The summed E-state index contributed by atoms with van der Waals surface area (Å²) in [5.41, 5.74) is 0.117. The van der Waals surface area contributed by atoms with E-state index in [2.05, 4.69) is 36.6 Å². The van der Waals surface area contributed by atoms with E-state index in [-0.39, 0.29) is 5.70 Å². The number of alkyl halides is 2. The summed E-state index contributed by atoms with van der Waals surface area (Å²) in [6, 6.07) is 10.9. The van der Waals surface area contributed by atoms with Gasteiger partial charge in [0, 0.05) is 69.7 Å². The van der Waals surface area contributed by atoms with Gasteiger partial charge in [-0.3, -0.25) is 9.80 Å². The van der Waals surface area contributed by atoms with Crippen molar-refractivity contribution in [2.75, 3.05) is 52.4 Å². The van der Waals surface area contributed by atoms with Crippen molar-refractivity contribution in [3.8, 4) is 6.07 Å². The Kier molecular flexibility index (Phi) is 8.82. The molecule has 1 aromatic carbocycles. The van der Waals surface area contributed by atoms with Crippen LogP contribution in [0.5, 0.6) is 0 Å². The number of halogens is 2. The molecule has 0 bridgehead atoms. The monoisotopic (exact) mass is 522 g/mol. The number of piperazine rings is 2. The van der Waals surface area contributed by atoms with E-state index >= 15 is 0 Å². The van der Waals surface area contributed by atoms with Crippen LogP contribution in [0.3, 0.4) is 0 Å². The molecule has 204 valence electrons. The Hall–Kier alpha value is -2.68. The van der Waals surface area contributed by atoms with Crippen molar-refractivity contribution < 1.29 is 8.78 Å². The van der Waals surface area contributed by atoms with E-state index in [9.17, 15) is 14.0 Å². The lowest BCUT2D eigenvalue weighted by Crippen LogP contribution is -2.56. The third kappa shape index (κ3) is 6.14. The predicted molar refractivity (Wildman–Crippen MR) is 145 cm³/mol. The highest BCUT2D eigenvalue weighted by atomic mass is 19.1. The minimum atomic E-state index is -0.622. The summed E-state index contributed by atoms with van der Waals surface area (Å²) in [7, 11) is 0. The minimum absolute atomic E-state index is 0.117. The van der Waals surface area contributed by atoms with E-state index in [1.165, 1.54) is 5.82 Å². The van der Waals surface area contributed by atoms with Crippen molar-refractivity contribution in [3.63, 3.8) is 0 Å². The van der Waals surface area contributed by atoms with E-state index in [1.54, 1.807) is 0 Å². The normalized spacial score (nSPS) is 29.4. The molecule has 1 aromatic rings. The smallest absolute Gasteiger partial charge is 0.268 e. The van der Waals surface area contributed by atoms with Crippen LogP contribution in [0.2, 0.25) is 0 Å². The fraction of sp³-hybridized carbons (Fsp3) is 0.667. The lowest BCUT2D eigenvalue weighted by atomic mass is 9.92. The van der Waals surface area contributed by atoms with Gasteiger partial charge < -0.3 is 9.80 Å². The first-order valence-electron chi connectivity index (χ1n) is 14.4. The molecular formula is C30H40F2N6. The van der Waals surface area contributed by atoms with Gasteiger partial charge >= 0.3 is 0 Å². The second-order valence-corrected chi connectivity index (χ2v) is 11.3. The van der Waals surface area contributed by atoms with Crippen LogP contribution < -0.4 is 10.4 Å². The summed E-state index contributed by atoms with van der Waals surface area (Å²) >= 11 is 0. The van der Waals surface area contributed by atoms with Crippen molar-refractivity contribution in [1.82, 2.24) is 19.6 Å². The Morgan fingerprint density at radius 3 is 1.45 bits per heavy atom. The fourth-order valence-corrected chi connectivity index (χ4v) is 6.89. The molecule has 2 aliphatic heterocycles. The largest absolute Gasteiger partial charge is 0.355 e. The van der Waals surface area contributed by atoms with Gasteiger partial charge in [-0.2, -0.15) is 0 Å². The first-order chi connectivity index (χ1) is 18.6. The van der Waals surface area contributed by atoms with Gasteiger partial charge in [0.25, 0.3) is 5.70 Å². The van der Waals surface area contributed by atoms with Gasteiger partial charge in [0.1, 0.15) is 18.2 Å². The quantitative estimate of drug-likeness (QED) is 0.569. The van der Waals surface area contributed by atoms with Gasteiger partial charge in [0.15, 0.2) is 0 Å². The van der Waals surface area contributed by atoms with Crippen LogP contribution in [0.4, 0.5) is 8.78 Å². The Morgan fingerprint density at radius 2 is 1.08 bits per heavy atom. The van der Waals surface area contributed by atoms with E-state index in [1.807, 2.05) is 18.2 Å². The number of rotatable bonds is 4. The van der Waals surface area contributed by atoms with Crippen LogP contribution in [0.1, 0.15) is 51.4 Å². The number of hydrogen-bond donors (Lipinski definition) is 0. The lowest BCUT2D eigenvalue weighted by molar-refractivity contribution is 0.0599. The van der Waals surface area contributed by atoms with Crippen molar-refractivity contribution in [2.24, 2.45) is 0 Å². The molecule has 0 radical (unpaired) electrons. The summed E-state index contributed by atoms with van der Waals surface area (Å²) < 4.78 is 27.4. The Labute approximate surface area is 225 Å². The molecule has 0 amide bonds. The van der Waals surface area contributed by atoms with Gasteiger partial charge in [0.2, 0.25) is 0 Å². The molecule has 6 nitrogen and oxygen atoms in total. The molecule has 0 spiro atoms. The number of nitrogens with zero attached hydrogens (tertiary/aromatic N) is 6. The van der Waals surface area contributed by atoms with Crippen molar-refractivity contribution >= 4 is 11.5 Å². The molecule has 0 N–H and O–H groups in total. The molecule has 0 aromatic heterocycles. The number of benzene rings is 1. The second-order valence-electron chi connectivity index (χ2n) is 11.3. The zero-order valence-electron chi connectivity index (χ0n) is 22.4. The molecular weight excluding hydrogens is 482 g/mol. The number of nitriles is 1. The standard InChI is InChI=1S/C30H40F2N6/c1-34-29(22-33)23-2-4-24(5-3-23)30(37-18-14-35(15-19-37)27-10-6-25(31)7-11-27)38-20-16-36(17-21-38)28-12-8-26(32)9-13-28/h2-5,25-28H,6-21H2. The molecule has 2 aliphatic carbocycles. The highest BCUT2D eigenvalue weighted by Gasteiger charge is 2.32. The van der Waals surface area contributed by atoms with Crippen molar-refractivity contribution in [2.45, 2.75) is 75.8 Å². The zero-order valence-corrected chi connectivity index (χ0v) is 22.4. The first-order valence-corrected chi connectivity index (χ1v) is 14.4. The molecule has 8 heteroatoms. The molecule has 2 saturated carbocycles. The summed E-state index contributed by atoms with van der Waals surface area (Å²) in [6.07, 6.45) is 5.38. The molecule has 5 rings (SSSR count). The van der Waals surface area contributed by atoms with E-state index in [4.69, 9.17) is 6.57 Å². The van der Waals surface area contributed by atoms with Gasteiger partial charge in [-0.15, -0.1) is 0 Å². The SMILES string of the molecule is [C-]#[N+]C(C#N)=c1ccc(=C(N2CCN(C3CCC(F)CC3)CC2)N2CCN(C3CCC(F)CC3)CC2)cc1. The summed E-state index contributed by atoms with van der Waals surface area (Å²) in [5.74, 6) is 1.23. The molecule has 0 unspecified atom stereocenters. The maximum absolute atomic E-state index is 13.7. The van der Waals surface area contributed by atoms with Crippen LogP contribution in [0, 0.1) is 17.9 Å². The summed E-state index contributed by atoms with van der Waals surface area (Å²) in [5, 5.41) is 11.1. The van der Waals surface area contributed by atoms with Crippen LogP contribution >= 0.6 is 0 Å². The average Bonchev–Trinajstić information content (AvgIpc) is 2.96. The Balaban J connectivity index is 1.33. The zero-order chi connectivity index (χ0) is 26.5. The lowest BCUT2D eigenvalue weighted by Gasteiger charge is -2.47. The van der Waals surface area contributed by atoms with Gasteiger partial charge in [-0.1, -0.05) is 24.3 Å². The molecule has 4 aliphatic rings. The van der Waals surface area contributed by atoms with Crippen LogP contribution in [-0.4, -0.2) is 96.4 Å². The van der Waals surface area contributed by atoms with Crippen LogP contribution in [0.25, 0.3) is 16.4 Å². The van der Waals surface area contributed by atoms with Gasteiger partial charge in [0.05, 0.1) is 12.6 Å². The van der Waals surface area contributed by atoms with Gasteiger partial charge in [-0.25, -0.2) is 18.9 Å². The Bertz CT molecular complexity index is 1060. The molecule has 2 saturated heterocycles. The maximum atomic E-state index is 13.7. The second kappa shape index (κ2) is 12.5. The van der Waals surface area contributed by atoms with Gasteiger partial charge in [-0.05, 0) is 56.6 Å². The van der Waals surface area contributed by atoms with Crippen molar-refractivity contribution in [3.05, 3.63) is 46.1 Å². The van der Waals surface area contributed by atoms with Crippen LogP contribution in [0.15, 0.2) is 24.3 Å². The van der Waals surface area contributed by atoms with E-state index < -0.39 is 12.3 Å². The molecule has 38 heavy (non-hydrogen) atoms. The summed E-state index contributed by atoms with van der Waals surface area (Å²) in [4.78, 5) is 13.5. The maximum Gasteiger partial charge on any atom is 0.268 e. The van der Waals surface area contributed by atoms with Crippen LogP contribution in [-0.2, 0) is 0 Å². The third-order valence-electron chi connectivity index (χ3n) is 9.15. The third-order valence-corrected chi connectivity index (χ3v) is 9.15. The molecule has 4 fully saturated rings. The summed E-state index contributed by atoms with van der Waals surface area (Å²) in [6.45, 7) is 15.0. The topological polar surface area (TPSA) is 41.1 Å². The fourth-order valence-electron chi connectivity index (χ4n) is 6.89. The predicted octanol–water partition coefficient (Wildman–Crippen LogP) is 3.10. The minimum Gasteiger partial charge on any atom is -0.355 e. The van der Waals surface area contributed by atoms with E-state index in [0.29, 0.717) is 43.0 Å². The highest BCUT2D eigenvalue weighted by Crippen LogP contribution is 2.28. The highest BCUT2D eigenvalue weighted by molar-refractivity contribution is 5.65. The average molecular weight is 523 g/mol. The molecule has 2 heterocycles. The van der Waals surface area contributed by atoms with Crippen molar-refractivity contribution in [1.29, 1.82) is 5.26 Å². The Morgan fingerprint density at radius 1 is 0.684 bits per heavy atom. The van der Waals surface area contributed by atoms with E-state index in [0.717, 1.165) is 83.3 Å². The first kappa shape index (κ1) is 26.9. The molecule has 0 atom stereocenters.